The molecule has 0 saturated heterocycles. The molecule has 0 aromatic carbocycles. The number of carboxylic acid groups (broad SMARTS) is 1. The molecule has 3 N–H and O–H groups in total. The van der Waals surface area contributed by atoms with Crippen molar-refractivity contribution in [3.05, 3.63) is 0 Å². The van der Waals surface area contributed by atoms with Crippen LogP contribution in [0.4, 0.5) is 0 Å². The summed E-state index contributed by atoms with van der Waals surface area (Å²) in [4.78, 5) is 9.76. The van der Waals surface area contributed by atoms with E-state index in [0.29, 0.717) is 0 Å². The van der Waals surface area contributed by atoms with Crippen LogP contribution in [0.5, 0.6) is 0 Å². The van der Waals surface area contributed by atoms with Crippen LogP contribution in [0.25, 0.3) is 0 Å². The molecule has 1 atom stereocenters. The molecule has 0 aromatic rings. The molecule has 0 saturated carbocycles. The first-order valence-electron chi connectivity index (χ1n) is 1.77. The number of hydrogen-bond donors (Lipinski definition) is 3. The van der Waals surface area contributed by atoms with Crippen LogP contribution in [-0.4, -0.2) is 22.9 Å². The fourth-order valence-electron chi connectivity index (χ4n) is 0.0781. The summed E-state index contributed by atoms with van der Waals surface area (Å²) in [5.41, 5.74) is 4.94. The zero-order chi connectivity index (χ0) is 5.86. The van der Waals surface area contributed by atoms with E-state index in [0.717, 1.165) is 0 Å². The Morgan fingerprint density at radius 1 is 1.88 bits per heavy atom. The molecule has 5 heteroatoms. The largest absolute Gasteiger partial charge is 0.480 e. The topological polar surface area (TPSA) is 63.3 Å². The van der Waals surface area contributed by atoms with Crippen LogP contribution in [0.2, 0.25) is 0 Å². The number of carbonyl (C=O) groups is 1. The summed E-state index contributed by atoms with van der Waals surface area (Å²) in [5, 5.41) is 8.01. The molecular formula is C3H7HeNO2S. The predicted molar refractivity (Wildman–Crippen MR) is 29.5 cm³/mol. The van der Waals surface area contributed by atoms with Gasteiger partial charge in [-0.3, -0.25) is 4.79 Å². The van der Waals surface area contributed by atoms with Crippen molar-refractivity contribution in [2.45, 2.75) is 6.04 Å². The maximum absolute atomic E-state index is 9.76. The Kier molecular flexibility index (Phi) is 6.43. The summed E-state index contributed by atoms with van der Waals surface area (Å²) in [6, 6.07) is -0.816. The molecule has 8 heavy (non-hydrogen) atoms. The summed E-state index contributed by atoms with van der Waals surface area (Å²) in [5.74, 6) is -0.815. The van der Waals surface area contributed by atoms with Crippen molar-refractivity contribution in [3.63, 3.8) is 0 Å². The van der Waals surface area contributed by atoms with Crippen molar-refractivity contribution < 1.29 is 16.1 Å². The second-order valence-corrected chi connectivity index (χ2v) is 1.49. The van der Waals surface area contributed by atoms with E-state index < -0.39 is 12.0 Å². The average Bonchev–Trinajstić information content (AvgIpc) is 1.65. The van der Waals surface area contributed by atoms with Gasteiger partial charge in [0.1, 0.15) is 6.04 Å². The number of aliphatic carboxylic acids is 1. The van der Waals surface area contributed by atoms with Crippen LogP contribution in [0.1, 0.15) is 0 Å². The molecule has 0 unspecified atom stereocenters. The fraction of sp³-hybridized carbons (Fsp3) is 0.667. The Morgan fingerprint density at radius 3 is 2.25 bits per heavy atom. The fourth-order valence-corrected chi connectivity index (χ4v) is 0.234. The zero-order valence-corrected chi connectivity index (χ0v) is 5.27. The van der Waals surface area contributed by atoms with Gasteiger partial charge in [0, 0.05) is 11.9 Å². The van der Waals surface area contributed by atoms with Gasteiger partial charge in [-0.05, 0) is 0 Å². The molecule has 0 radical (unpaired) electrons. The monoisotopic (exact) mass is 125 g/mol. The van der Waals surface area contributed by atoms with Crippen molar-refractivity contribution in [3.8, 4) is 0 Å². The Hall–Kier alpha value is -0.311. The van der Waals surface area contributed by atoms with Crippen molar-refractivity contribution in [2.24, 2.45) is 5.73 Å². The third-order valence-electron chi connectivity index (χ3n) is 0.514. The SMILES string of the molecule is N[C@@H](CS)C(=O)O.[He]. The minimum atomic E-state index is -1.00. The van der Waals surface area contributed by atoms with Crippen LogP contribution in [0.3, 0.4) is 0 Å². The van der Waals surface area contributed by atoms with E-state index >= 15 is 0 Å². The normalized spacial score (nSPS) is 11.8. The van der Waals surface area contributed by atoms with Crippen LogP contribution in [-0.2, 0) is 4.79 Å². The summed E-state index contributed by atoms with van der Waals surface area (Å²) >= 11 is 3.65. The minimum absolute atomic E-state index is 0. The summed E-state index contributed by atoms with van der Waals surface area (Å²) < 4.78 is 0. The predicted octanol–water partition coefficient (Wildman–Crippen LogP) is -0.672. The van der Waals surface area contributed by atoms with Crippen LogP contribution in [0.15, 0.2) is 0 Å². The standard InChI is InChI=1S/C3H7NO2S.He/c4-2(1-7)3(5)6;/h2,7H,1,4H2,(H,5,6);/t2-;/m0./s1. The van der Waals surface area contributed by atoms with Gasteiger partial charge < -0.3 is 10.8 Å². The molecule has 0 rings (SSSR count). The summed E-state index contributed by atoms with van der Waals surface area (Å²) in [6.45, 7) is 0. The van der Waals surface area contributed by atoms with Gasteiger partial charge >= 0.3 is 5.97 Å². The molecular weight excluding hydrogens is 118 g/mol. The van der Waals surface area contributed by atoms with E-state index in [2.05, 4.69) is 12.6 Å². The number of hydrogen-bond acceptors (Lipinski definition) is 3. The Morgan fingerprint density at radius 2 is 2.25 bits per heavy atom. The van der Waals surface area contributed by atoms with Crippen LogP contribution >= 0.6 is 12.6 Å². The number of thiol groups is 1. The van der Waals surface area contributed by atoms with Gasteiger partial charge in [-0.1, -0.05) is 0 Å². The molecule has 0 heterocycles. The quantitative estimate of drug-likeness (QED) is 0.429. The molecule has 0 bridgehead atoms. The van der Waals surface area contributed by atoms with Gasteiger partial charge in [-0.15, -0.1) is 0 Å². The van der Waals surface area contributed by atoms with E-state index in [1.54, 1.807) is 0 Å². The van der Waals surface area contributed by atoms with E-state index in [-0.39, 0.29) is 11.9 Å². The molecule has 0 aliphatic carbocycles. The van der Waals surface area contributed by atoms with Gasteiger partial charge in [0.25, 0.3) is 0 Å². The molecule has 44 valence electrons. The minimum Gasteiger partial charge on any atom is -0.480 e. The molecule has 0 aliphatic heterocycles. The second kappa shape index (κ2) is 4.84. The third kappa shape index (κ3) is 3.86. The Balaban J connectivity index is 0. The average molecular weight is 125 g/mol. The molecule has 0 amide bonds. The van der Waals surface area contributed by atoms with Crippen molar-refractivity contribution in [1.82, 2.24) is 0 Å². The summed E-state index contributed by atoms with van der Waals surface area (Å²) in [6.07, 6.45) is 0. The second-order valence-electron chi connectivity index (χ2n) is 1.13. The van der Waals surface area contributed by atoms with Gasteiger partial charge in [0.15, 0.2) is 0 Å². The molecule has 3 nitrogen and oxygen atoms in total. The van der Waals surface area contributed by atoms with E-state index in [4.69, 9.17) is 10.8 Å². The van der Waals surface area contributed by atoms with E-state index in [1.807, 2.05) is 0 Å². The van der Waals surface area contributed by atoms with Crippen molar-refractivity contribution in [1.29, 1.82) is 0 Å². The molecule has 0 spiro atoms. The van der Waals surface area contributed by atoms with Gasteiger partial charge in [0.2, 0.25) is 0 Å². The number of carboxylic acids is 1. The Bertz CT molecular complexity index is 79.7. The molecule has 0 fully saturated rings. The van der Waals surface area contributed by atoms with E-state index in [9.17, 15) is 4.79 Å². The van der Waals surface area contributed by atoms with Crippen molar-refractivity contribution in [2.75, 3.05) is 5.75 Å². The van der Waals surface area contributed by atoms with Crippen LogP contribution < -0.4 is 5.73 Å². The van der Waals surface area contributed by atoms with Crippen molar-refractivity contribution >= 4 is 18.6 Å². The smallest absolute Gasteiger partial charge is 0.321 e. The van der Waals surface area contributed by atoms with Crippen LogP contribution in [0, 0.1) is 6.15 Å². The van der Waals surface area contributed by atoms with Gasteiger partial charge in [-0.2, -0.15) is 12.6 Å². The number of rotatable bonds is 2. The first-order valence-corrected chi connectivity index (χ1v) is 2.41. The van der Waals surface area contributed by atoms with Gasteiger partial charge in [0.05, 0.1) is 0 Å². The third-order valence-corrected chi connectivity index (χ3v) is 0.907. The zero-order valence-electron chi connectivity index (χ0n) is 4.37. The summed E-state index contributed by atoms with van der Waals surface area (Å²) in [7, 11) is 0. The molecule has 0 aliphatic rings. The first-order chi connectivity index (χ1) is 3.18. The first kappa shape index (κ1) is 10.6. The molecule has 0 aromatic heterocycles. The van der Waals surface area contributed by atoms with E-state index in [1.165, 1.54) is 0 Å². The maximum atomic E-state index is 9.76. The Labute approximate surface area is 53.1 Å². The number of nitrogens with two attached hydrogens (primary N) is 1. The van der Waals surface area contributed by atoms with Gasteiger partial charge in [-0.25, -0.2) is 0 Å². The maximum Gasteiger partial charge on any atom is 0.321 e.